The molecule has 4 nitrogen and oxygen atoms in total. The number of rotatable bonds is 8. The van der Waals surface area contributed by atoms with Crippen molar-refractivity contribution in [3.63, 3.8) is 0 Å². The third kappa shape index (κ3) is 5.49. The molecule has 0 bridgehead atoms. The molecule has 2 aromatic rings. The first-order valence-corrected chi connectivity index (χ1v) is 6.88. The van der Waals surface area contributed by atoms with Gasteiger partial charge in [-0.3, -0.25) is 9.88 Å². The molecule has 0 radical (unpaired) electrons. The molecule has 0 aliphatic carbocycles. The predicted octanol–water partition coefficient (Wildman–Crippen LogP) is 2.09. The average molecular weight is 290 g/mol. The van der Waals surface area contributed by atoms with Crippen LogP contribution in [0.15, 0.2) is 48.8 Å². The van der Waals surface area contributed by atoms with Crippen molar-refractivity contribution in [3.8, 4) is 5.75 Å². The van der Waals surface area contributed by atoms with Crippen molar-refractivity contribution in [1.82, 2.24) is 9.88 Å². The van der Waals surface area contributed by atoms with Crippen LogP contribution in [0.2, 0.25) is 0 Å². The van der Waals surface area contributed by atoms with Gasteiger partial charge in [0.15, 0.2) is 0 Å². The summed E-state index contributed by atoms with van der Waals surface area (Å²) in [6.07, 6.45) is 3.54. The molecule has 5 heteroatoms. The molecule has 0 spiro atoms. The first-order valence-electron chi connectivity index (χ1n) is 6.88. The fourth-order valence-electron chi connectivity index (χ4n) is 1.98. The number of halogens is 1. The van der Waals surface area contributed by atoms with Crippen molar-refractivity contribution in [2.75, 3.05) is 26.3 Å². The molecule has 112 valence electrons. The lowest BCUT2D eigenvalue weighted by Gasteiger charge is -2.21. The van der Waals surface area contributed by atoms with Gasteiger partial charge in [-0.1, -0.05) is 6.07 Å². The Morgan fingerprint density at radius 3 is 2.62 bits per heavy atom. The summed E-state index contributed by atoms with van der Waals surface area (Å²) in [4.78, 5) is 6.16. The third-order valence-corrected chi connectivity index (χ3v) is 3.04. The van der Waals surface area contributed by atoms with Gasteiger partial charge in [-0.05, 0) is 35.9 Å². The van der Waals surface area contributed by atoms with E-state index >= 15 is 0 Å². The van der Waals surface area contributed by atoms with Crippen molar-refractivity contribution in [3.05, 3.63) is 60.2 Å². The van der Waals surface area contributed by atoms with E-state index in [1.165, 1.54) is 12.1 Å². The zero-order chi connectivity index (χ0) is 14.9. The van der Waals surface area contributed by atoms with E-state index in [1.807, 2.05) is 18.3 Å². The zero-order valence-corrected chi connectivity index (χ0v) is 11.8. The van der Waals surface area contributed by atoms with Gasteiger partial charge in [0, 0.05) is 32.0 Å². The molecule has 0 aliphatic rings. The Morgan fingerprint density at radius 1 is 1.14 bits per heavy atom. The summed E-state index contributed by atoms with van der Waals surface area (Å²) in [6, 6.07) is 9.84. The summed E-state index contributed by atoms with van der Waals surface area (Å²) in [5.74, 6) is 0.363. The largest absolute Gasteiger partial charge is 0.492 e. The number of ether oxygens (including phenoxy) is 1. The van der Waals surface area contributed by atoms with Crippen LogP contribution in [0.5, 0.6) is 5.75 Å². The van der Waals surface area contributed by atoms with Crippen LogP contribution in [-0.4, -0.2) is 41.3 Å². The van der Waals surface area contributed by atoms with Crippen molar-refractivity contribution in [2.24, 2.45) is 0 Å². The van der Waals surface area contributed by atoms with E-state index in [4.69, 9.17) is 9.84 Å². The van der Waals surface area contributed by atoms with Crippen molar-refractivity contribution >= 4 is 0 Å². The average Bonchev–Trinajstić information content (AvgIpc) is 2.50. The van der Waals surface area contributed by atoms with Crippen molar-refractivity contribution < 1.29 is 14.2 Å². The highest BCUT2D eigenvalue weighted by molar-refractivity contribution is 5.22. The molecule has 1 aromatic carbocycles. The molecule has 0 saturated heterocycles. The first kappa shape index (κ1) is 15.4. The van der Waals surface area contributed by atoms with Crippen LogP contribution in [0, 0.1) is 5.82 Å². The lowest BCUT2D eigenvalue weighted by Crippen LogP contribution is -2.30. The van der Waals surface area contributed by atoms with Gasteiger partial charge in [0.05, 0.1) is 6.61 Å². The smallest absolute Gasteiger partial charge is 0.123 e. The van der Waals surface area contributed by atoms with Crippen molar-refractivity contribution in [2.45, 2.75) is 6.54 Å². The topological polar surface area (TPSA) is 45.6 Å². The number of pyridine rings is 1. The number of aromatic nitrogens is 1. The maximum atomic E-state index is 12.8. The second-order valence-electron chi connectivity index (χ2n) is 4.66. The molecule has 1 heterocycles. The van der Waals surface area contributed by atoms with Crippen LogP contribution in [0.25, 0.3) is 0 Å². The number of hydrogen-bond donors (Lipinski definition) is 1. The molecule has 2 rings (SSSR count). The van der Waals surface area contributed by atoms with Crippen LogP contribution in [0.4, 0.5) is 4.39 Å². The maximum Gasteiger partial charge on any atom is 0.123 e. The van der Waals surface area contributed by atoms with Crippen molar-refractivity contribution in [1.29, 1.82) is 0 Å². The van der Waals surface area contributed by atoms with E-state index in [0.29, 0.717) is 32.0 Å². The van der Waals surface area contributed by atoms with E-state index in [1.54, 1.807) is 18.3 Å². The minimum Gasteiger partial charge on any atom is -0.492 e. The Kier molecular flexibility index (Phi) is 6.12. The van der Waals surface area contributed by atoms with E-state index < -0.39 is 0 Å². The van der Waals surface area contributed by atoms with Gasteiger partial charge in [-0.15, -0.1) is 0 Å². The molecule has 0 amide bonds. The summed E-state index contributed by atoms with van der Waals surface area (Å²) < 4.78 is 18.4. The molecule has 0 atom stereocenters. The second kappa shape index (κ2) is 8.34. The summed E-state index contributed by atoms with van der Waals surface area (Å²) in [5.41, 5.74) is 1.09. The van der Waals surface area contributed by atoms with Gasteiger partial charge in [0.1, 0.15) is 18.2 Å². The number of benzene rings is 1. The summed E-state index contributed by atoms with van der Waals surface area (Å²) in [7, 11) is 0. The molecule has 0 unspecified atom stereocenters. The van der Waals surface area contributed by atoms with Crippen LogP contribution in [-0.2, 0) is 6.54 Å². The Hall–Kier alpha value is -1.98. The van der Waals surface area contributed by atoms with Crippen LogP contribution in [0.1, 0.15) is 5.56 Å². The molecular weight excluding hydrogens is 271 g/mol. The number of aliphatic hydroxyl groups is 1. The van der Waals surface area contributed by atoms with Gasteiger partial charge in [-0.25, -0.2) is 4.39 Å². The van der Waals surface area contributed by atoms with E-state index in [-0.39, 0.29) is 12.4 Å². The molecule has 0 aliphatic heterocycles. The minimum atomic E-state index is -0.277. The zero-order valence-electron chi connectivity index (χ0n) is 11.8. The highest BCUT2D eigenvalue weighted by Crippen LogP contribution is 2.11. The summed E-state index contributed by atoms with van der Waals surface area (Å²) >= 11 is 0. The summed E-state index contributed by atoms with van der Waals surface area (Å²) in [6.45, 7) is 2.53. The SMILES string of the molecule is OCCN(CCOc1ccc(F)cc1)Cc1cccnc1. The van der Waals surface area contributed by atoms with E-state index in [2.05, 4.69) is 9.88 Å². The molecule has 1 aromatic heterocycles. The lowest BCUT2D eigenvalue weighted by molar-refractivity contribution is 0.163. The van der Waals surface area contributed by atoms with E-state index in [9.17, 15) is 4.39 Å². The van der Waals surface area contributed by atoms with Crippen LogP contribution >= 0.6 is 0 Å². The standard InChI is InChI=1S/C16H19FN2O2/c17-15-3-5-16(6-4-15)21-11-9-19(8-10-20)13-14-2-1-7-18-12-14/h1-7,12,20H,8-11,13H2. The molecule has 0 saturated carbocycles. The maximum absolute atomic E-state index is 12.8. The quantitative estimate of drug-likeness (QED) is 0.808. The minimum absolute atomic E-state index is 0.0941. The van der Waals surface area contributed by atoms with Gasteiger partial charge >= 0.3 is 0 Å². The molecule has 21 heavy (non-hydrogen) atoms. The highest BCUT2D eigenvalue weighted by atomic mass is 19.1. The van der Waals surface area contributed by atoms with Gasteiger partial charge in [0.2, 0.25) is 0 Å². The number of aliphatic hydroxyl groups excluding tert-OH is 1. The normalized spacial score (nSPS) is 10.8. The lowest BCUT2D eigenvalue weighted by atomic mass is 10.2. The third-order valence-electron chi connectivity index (χ3n) is 3.04. The Morgan fingerprint density at radius 2 is 1.95 bits per heavy atom. The molecule has 1 N–H and O–H groups in total. The highest BCUT2D eigenvalue weighted by Gasteiger charge is 2.06. The van der Waals surface area contributed by atoms with Gasteiger partial charge in [-0.2, -0.15) is 0 Å². The Labute approximate surface area is 123 Å². The summed E-state index contributed by atoms with van der Waals surface area (Å²) in [5, 5.41) is 9.12. The number of hydrogen-bond acceptors (Lipinski definition) is 4. The van der Waals surface area contributed by atoms with Crippen LogP contribution in [0.3, 0.4) is 0 Å². The second-order valence-corrected chi connectivity index (χ2v) is 4.66. The Bertz CT molecular complexity index is 520. The molecule has 0 fully saturated rings. The monoisotopic (exact) mass is 290 g/mol. The van der Waals surface area contributed by atoms with Gasteiger partial charge < -0.3 is 9.84 Å². The fraction of sp³-hybridized carbons (Fsp3) is 0.312. The fourth-order valence-corrected chi connectivity index (χ4v) is 1.98. The molecular formula is C16H19FN2O2. The van der Waals surface area contributed by atoms with Gasteiger partial charge in [0.25, 0.3) is 0 Å². The van der Waals surface area contributed by atoms with E-state index in [0.717, 1.165) is 5.56 Å². The Balaban J connectivity index is 1.81. The first-order chi connectivity index (χ1) is 10.3. The predicted molar refractivity (Wildman–Crippen MR) is 78.5 cm³/mol. The number of nitrogens with zero attached hydrogens (tertiary/aromatic N) is 2. The van der Waals surface area contributed by atoms with Crippen LogP contribution < -0.4 is 4.74 Å².